The molecule has 0 saturated carbocycles. The molecular formula is C14H19N5O2. The molecule has 0 amide bonds. The van der Waals surface area contributed by atoms with Crippen molar-refractivity contribution in [3.8, 4) is 6.07 Å². The van der Waals surface area contributed by atoms with E-state index in [2.05, 4.69) is 10.3 Å². The standard InChI is InChI=1S/C14H19N5O2/c1-2-6-18(12-4-3-5-16-10-12)14-13(19(20)21)7-11(8-15)9-17-14/h7,9,12,16H,2-6,10H2,1H3. The third-order valence-electron chi connectivity index (χ3n) is 3.62. The fraction of sp³-hybridized carbons (Fsp3) is 0.571. The van der Waals surface area contributed by atoms with E-state index in [-0.39, 0.29) is 17.3 Å². The molecule has 1 fully saturated rings. The first-order valence-corrected chi connectivity index (χ1v) is 7.19. The molecule has 1 saturated heterocycles. The van der Waals surface area contributed by atoms with E-state index in [1.165, 1.54) is 12.3 Å². The summed E-state index contributed by atoms with van der Waals surface area (Å²) >= 11 is 0. The molecule has 1 atom stereocenters. The average Bonchev–Trinajstić information content (AvgIpc) is 2.53. The van der Waals surface area contributed by atoms with Crippen LogP contribution in [0.1, 0.15) is 31.7 Å². The third kappa shape index (κ3) is 3.47. The highest BCUT2D eigenvalue weighted by Crippen LogP contribution is 2.29. The van der Waals surface area contributed by atoms with Crippen molar-refractivity contribution in [2.24, 2.45) is 0 Å². The molecule has 112 valence electrons. The zero-order chi connectivity index (χ0) is 15.2. The fourth-order valence-electron chi connectivity index (χ4n) is 2.66. The van der Waals surface area contributed by atoms with Crippen molar-refractivity contribution in [2.45, 2.75) is 32.2 Å². The van der Waals surface area contributed by atoms with Gasteiger partial charge in [0, 0.05) is 31.4 Å². The van der Waals surface area contributed by atoms with Crippen molar-refractivity contribution >= 4 is 11.5 Å². The van der Waals surface area contributed by atoms with Crippen LogP contribution in [0.25, 0.3) is 0 Å². The Hall–Kier alpha value is -2.20. The van der Waals surface area contributed by atoms with E-state index in [1.54, 1.807) is 0 Å². The minimum absolute atomic E-state index is 0.0897. The Morgan fingerprint density at radius 1 is 1.67 bits per heavy atom. The summed E-state index contributed by atoms with van der Waals surface area (Å²) < 4.78 is 0. The van der Waals surface area contributed by atoms with Crippen LogP contribution in [0.2, 0.25) is 0 Å². The molecule has 0 aliphatic carbocycles. The molecule has 1 aromatic rings. The van der Waals surface area contributed by atoms with Crippen LogP contribution in [-0.2, 0) is 0 Å². The molecule has 0 radical (unpaired) electrons. The Balaban J connectivity index is 2.39. The predicted octanol–water partition coefficient (Wildman–Crippen LogP) is 1.83. The van der Waals surface area contributed by atoms with E-state index in [0.29, 0.717) is 12.4 Å². The van der Waals surface area contributed by atoms with E-state index in [1.807, 2.05) is 17.9 Å². The van der Waals surface area contributed by atoms with E-state index in [4.69, 9.17) is 5.26 Å². The summed E-state index contributed by atoms with van der Waals surface area (Å²) in [6.07, 6.45) is 4.33. The summed E-state index contributed by atoms with van der Waals surface area (Å²) in [7, 11) is 0. The summed E-state index contributed by atoms with van der Waals surface area (Å²) in [4.78, 5) is 17.0. The largest absolute Gasteiger partial charge is 0.347 e. The molecule has 1 aliphatic rings. The first-order valence-electron chi connectivity index (χ1n) is 7.19. The quantitative estimate of drug-likeness (QED) is 0.656. The van der Waals surface area contributed by atoms with Crippen LogP contribution in [0, 0.1) is 21.4 Å². The van der Waals surface area contributed by atoms with Crippen LogP contribution in [0.15, 0.2) is 12.3 Å². The Morgan fingerprint density at radius 3 is 3.05 bits per heavy atom. The lowest BCUT2D eigenvalue weighted by Crippen LogP contribution is -2.47. The minimum Gasteiger partial charge on any atom is -0.347 e. The molecule has 0 bridgehead atoms. The summed E-state index contributed by atoms with van der Waals surface area (Å²) in [6, 6.07) is 3.42. The summed E-state index contributed by atoms with van der Waals surface area (Å²) in [5.74, 6) is 0.370. The smallest absolute Gasteiger partial charge is 0.312 e. The van der Waals surface area contributed by atoms with E-state index in [0.717, 1.165) is 32.4 Å². The first-order chi connectivity index (χ1) is 10.2. The number of hydrogen-bond donors (Lipinski definition) is 1. The lowest BCUT2D eigenvalue weighted by molar-refractivity contribution is -0.384. The molecule has 1 unspecified atom stereocenters. The minimum atomic E-state index is -0.456. The number of nitrogens with one attached hydrogen (secondary N) is 1. The van der Waals surface area contributed by atoms with Crippen LogP contribution >= 0.6 is 0 Å². The Labute approximate surface area is 123 Å². The van der Waals surface area contributed by atoms with E-state index >= 15 is 0 Å². The molecule has 7 nitrogen and oxygen atoms in total. The zero-order valence-electron chi connectivity index (χ0n) is 12.1. The maximum Gasteiger partial charge on any atom is 0.312 e. The molecule has 1 N–H and O–H groups in total. The number of nitriles is 1. The SMILES string of the molecule is CCCN(c1ncc(C#N)cc1[N+](=O)[O-])C1CCCNC1. The van der Waals surface area contributed by atoms with Crippen LogP contribution in [-0.4, -0.2) is 35.6 Å². The van der Waals surface area contributed by atoms with Crippen molar-refractivity contribution in [1.29, 1.82) is 5.26 Å². The second-order valence-electron chi connectivity index (χ2n) is 5.13. The number of pyridine rings is 1. The molecular weight excluding hydrogens is 270 g/mol. The summed E-state index contributed by atoms with van der Waals surface area (Å²) in [5, 5.41) is 23.5. The highest BCUT2D eigenvalue weighted by atomic mass is 16.6. The highest BCUT2D eigenvalue weighted by molar-refractivity contribution is 5.60. The van der Waals surface area contributed by atoms with Crippen molar-refractivity contribution < 1.29 is 4.92 Å². The average molecular weight is 289 g/mol. The molecule has 7 heteroatoms. The number of rotatable bonds is 5. The van der Waals surface area contributed by atoms with Crippen LogP contribution in [0.5, 0.6) is 0 Å². The molecule has 21 heavy (non-hydrogen) atoms. The van der Waals surface area contributed by atoms with Gasteiger partial charge in [-0.3, -0.25) is 10.1 Å². The maximum absolute atomic E-state index is 11.3. The van der Waals surface area contributed by atoms with Crippen LogP contribution in [0.4, 0.5) is 11.5 Å². The number of piperidine rings is 1. The molecule has 1 aliphatic heterocycles. The van der Waals surface area contributed by atoms with Gasteiger partial charge in [-0.25, -0.2) is 4.98 Å². The van der Waals surface area contributed by atoms with Crippen molar-refractivity contribution in [2.75, 3.05) is 24.5 Å². The number of anilines is 1. The molecule has 0 spiro atoms. The maximum atomic E-state index is 11.3. The summed E-state index contributed by atoms with van der Waals surface area (Å²) in [5.41, 5.74) is 0.122. The number of nitro groups is 1. The molecule has 2 heterocycles. The highest BCUT2D eigenvalue weighted by Gasteiger charge is 2.28. The number of hydrogen-bond acceptors (Lipinski definition) is 6. The topological polar surface area (TPSA) is 95.1 Å². The molecule has 0 aromatic carbocycles. The fourth-order valence-corrected chi connectivity index (χ4v) is 2.66. The van der Waals surface area contributed by atoms with Gasteiger partial charge >= 0.3 is 5.69 Å². The molecule has 2 rings (SSSR count). The zero-order valence-corrected chi connectivity index (χ0v) is 12.1. The van der Waals surface area contributed by atoms with Gasteiger partial charge in [0.1, 0.15) is 6.07 Å². The van der Waals surface area contributed by atoms with Crippen LogP contribution in [0.3, 0.4) is 0 Å². The van der Waals surface area contributed by atoms with Gasteiger partial charge in [-0.1, -0.05) is 6.92 Å². The number of nitrogens with zero attached hydrogens (tertiary/aromatic N) is 4. The predicted molar refractivity (Wildman–Crippen MR) is 79.1 cm³/mol. The lowest BCUT2D eigenvalue weighted by atomic mass is 10.1. The van der Waals surface area contributed by atoms with Crippen molar-refractivity contribution in [3.63, 3.8) is 0 Å². The van der Waals surface area contributed by atoms with Gasteiger partial charge < -0.3 is 10.2 Å². The van der Waals surface area contributed by atoms with Crippen molar-refractivity contribution in [1.82, 2.24) is 10.3 Å². The number of aromatic nitrogens is 1. The van der Waals surface area contributed by atoms with Crippen molar-refractivity contribution in [3.05, 3.63) is 27.9 Å². The Bertz CT molecular complexity index is 549. The van der Waals surface area contributed by atoms with Gasteiger partial charge in [-0.2, -0.15) is 5.26 Å². The Kier molecular flexibility index (Phi) is 5.06. The molecule has 1 aromatic heterocycles. The van der Waals surface area contributed by atoms with Gasteiger partial charge in [0.15, 0.2) is 0 Å². The van der Waals surface area contributed by atoms with Gasteiger partial charge in [0.25, 0.3) is 0 Å². The monoisotopic (exact) mass is 289 g/mol. The van der Waals surface area contributed by atoms with Gasteiger partial charge in [0.2, 0.25) is 5.82 Å². The van der Waals surface area contributed by atoms with Gasteiger partial charge in [0.05, 0.1) is 10.5 Å². The van der Waals surface area contributed by atoms with Gasteiger partial charge in [-0.15, -0.1) is 0 Å². The normalized spacial score (nSPS) is 18.0. The second-order valence-corrected chi connectivity index (χ2v) is 5.13. The van der Waals surface area contributed by atoms with E-state index in [9.17, 15) is 10.1 Å². The summed E-state index contributed by atoms with van der Waals surface area (Å²) in [6.45, 7) is 4.54. The van der Waals surface area contributed by atoms with Crippen LogP contribution < -0.4 is 10.2 Å². The van der Waals surface area contributed by atoms with Gasteiger partial charge in [-0.05, 0) is 25.8 Å². The lowest BCUT2D eigenvalue weighted by Gasteiger charge is -2.35. The Morgan fingerprint density at radius 2 is 2.48 bits per heavy atom. The first kappa shape index (κ1) is 15.2. The third-order valence-corrected chi connectivity index (χ3v) is 3.62. The second kappa shape index (κ2) is 6.99. The van der Waals surface area contributed by atoms with E-state index < -0.39 is 4.92 Å².